The fourth-order valence-electron chi connectivity index (χ4n) is 2.04. The zero-order valence-corrected chi connectivity index (χ0v) is 11.2. The van der Waals surface area contributed by atoms with Crippen molar-refractivity contribution in [3.05, 3.63) is 39.3 Å². The van der Waals surface area contributed by atoms with Gasteiger partial charge in [-0.3, -0.25) is 20.2 Å². The van der Waals surface area contributed by atoms with Crippen molar-refractivity contribution in [2.75, 3.05) is 0 Å². The summed E-state index contributed by atoms with van der Waals surface area (Å²) in [6, 6.07) is 1.74. The number of carbonyl (C=O) groups is 1. The highest BCUT2D eigenvalue weighted by Gasteiger charge is 2.30. The number of Topliss-reactive ketones (excluding diaryl/α,β-unsaturated/α-hetero) is 1. The predicted octanol–water partition coefficient (Wildman–Crippen LogP) is 1.12. The molecule has 108 valence electrons. The van der Waals surface area contributed by atoms with Crippen molar-refractivity contribution < 1.29 is 14.1 Å². The lowest BCUT2D eigenvalue weighted by Gasteiger charge is -2.23. The molecule has 1 aliphatic rings. The number of furan rings is 1. The van der Waals surface area contributed by atoms with Crippen LogP contribution in [0, 0.1) is 21.6 Å². The van der Waals surface area contributed by atoms with E-state index < -0.39 is 16.8 Å². The summed E-state index contributed by atoms with van der Waals surface area (Å²) in [6.45, 7) is 3.01. The number of aliphatic imine (C=N–C) groups is 1. The van der Waals surface area contributed by atoms with Gasteiger partial charge in [-0.15, -0.1) is 0 Å². The molecular weight excluding hydrogens is 278 g/mol. The normalized spacial score (nSPS) is 17.6. The van der Waals surface area contributed by atoms with E-state index >= 15 is 0 Å². The summed E-state index contributed by atoms with van der Waals surface area (Å²) in [5, 5.41) is 24.4. The van der Waals surface area contributed by atoms with Crippen LogP contribution in [0.25, 0.3) is 0 Å². The Hall–Kier alpha value is -3.15. The van der Waals surface area contributed by atoms with Gasteiger partial charge in [-0.1, -0.05) is 0 Å². The largest absolute Gasteiger partial charge is 0.433 e. The van der Waals surface area contributed by atoms with Crippen molar-refractivity contribution >= 4 is 17.6 Å². The van der Waals surface area contributed by atoms with Gasteiger partial charge in [0.25, 0.3) is 0 Å². The maximum atomic E-state index is 11.8. The lowest BCUT2D eigenvalue weighted by molar-refractivity contribution is -0.402. The van der Waals surface area contributed by atoms with Gasteiger partial charge in [-0.2, -0.15) is 5.26 Å². The van der Waals surface area contributed by atoms with Crippen LogP contribution in [0.3, 0.4) is 0 Å². The molecule has 0 radical (unpaired) electrons. The molecule has 0 saturated heterocycles. The van der Waals surface area contributed by atoms with Crippen LogP contribution in [0.15, 0.2) is 32.8 Å². The monoisotopic (exact) mass is 289 g/mol. The molecule has 1 aromatic heterocycles. The summed E-state index contributed by atoms with van der Waals surface area (Å²) in [5.74, 6) is -0.382. The molecule has 2 rings (SSSR count). The molecule has 0 aliphatic carbocycles. The maximum Gasteiger partial charge on any atom is 0.433 e. The minimum absolute atomic E-state index is 0.143. The highest BCUT2D eigenvalue weighted by Crippen LogP contribution is 2.33. The standard InChI is InChI=1S/C12H11N5O4/c1-6-10(7(2)18)11(16-12(15-6)14-5-13)8-3-4-9(21-8)17(19)20/h3-4,11H,1-2H3,(H2,14,15,16)/t11-/m1/s1. The smallest absolute Gasteiger partial charge is 0.403 e. The number of guanidine groups is 1. The first-order valence-electron chi connectivity index (χ1n) is 5.89. The van der Waals surface area contributed by atoms with Crippen molar-refractivity contribution in [2.24, 2.45) is 4.99 Å². The van der Waals surface area contributed by atoms with Crippen molar-refractivity contribution in [1.29, 1.82) is 5.26 Å². The van der Waals surface area contributed by atoms with Crippen LogP contribution in [-0.4, -0.2) is 16.7 Å². The molecule has 21 heavy (non-hydrogen) atoms. The van der Waals surface area contributed by atoms with Crippen LogP contribution < -0.4 is 10.6 Å². The Kier molecular flexibility index (Phi) is 3.71. The summed E-state index contributed by atoms with van der Waals surface area (Å²) in [6.07, 6.45) is 1.71. The molecule has 2 heterocycles. The van der Waals surface area contributed by atoms with Crippen LogP contribution >= 0.6 is 0 Å². The van der Waals surface area contributed by atoms with Gasteiger partial charge >= 0.3 is 5.88 Å². The zero-order chi connectivity index (χ0) is 15.6. The van der Waals surface area contributed by atoms with E-state index in [0.717, 1.165) is 0 Å². The number of nitriles is 1. The molecule has 0 bridgehead atoms. The minimum atomic E-state index is -0.840. The molecule has 0 aromatic carbocycles. The Bertz CT molecular complexity index is 709. The number of nitro groups is 1. The highest BCUT2D eigenvalue weighted by molar-refractivity contribution is 5.98. The topological polar surface area (TPSA) is 134 Å². The lowest BCUT2D eigenvalue weighted by atomic mass is 9.98. The van der Waals surface area contributed by atoms with E-state index in [9.17, 15) is 14.9 Å². The van der Waals surface area contributed by atoms with E-state index in [1.807, 2.05) is 0 Å². The second kappa shape index (κ2) is 5.46. The fraction of sp³-hybridized carbons (Fsp3) is 0.250. The van der Waals surface area contributed by atoms with Crippen molar-refractivity contribution in [1.82, 2.24) is 10.6 Å². The second-order valence-corrected chi connectivity index (χ2v) is 4.27. The number of rotatable bonds is 3. The van der Waals surface area contributed by atoms with E-state index in [4.69, 9.17) is 9.68 Å². The number of nitrogens with zero attached hydrogens (tertiary/aromatic N) is 3. The summed E-state index contributed by atoms with van der Waals surface area (Å²) in [7, 11) is 0. The van der Waals surface area contributed by atoms with Gasteiger partial charge in [0.1, 0.15) is 16.7 Å². The molecule has 0 amide bonds. The van der Waals surface area contributed by atoms with Gasteiger partial charge in [-0.25, -0.2) is 4.99 Å². The highest BCUT2D eigenvalue weighted by atomic mass is 16.6. The first kappa shape index (κ1) is 14.3. The number of ketones is 1. The molecule has 9 nitrogen and oxygen atoms in total. The van der Waals surface area contributed by atoms with Gasteiger partial charge in [0, 0.05) is 11.3 Å². The van der Waals surface area contributed by atoms with E-state index in [2.05, 4.69) is 15.6 Å². The summed E-state index contributed by atoms with van der Waals surface area (Å²) < 4.78 is 5.11. The first-order valence-corrected chi connectivity index (χ1v) is 5.89. The number of allylic oxidation sites excluding steroid dienone is 1. The van der Waals surface area contributed by atoms with Gasteiger partial charge in [0.2, 0.25) is 5.96 Å². The second-order valence-electron chi connectivity index (χ2n) is 4.27. The predicted molar refractivity (Wildman–Crippen MR) is 70.8 cm³/mol. The van der Waals surface area contributed by atoms with Crippen LogP contribution in [0.5, 0.6) is 0 Å². The van der Waals surface area contributed by atoms with Gasteiger partial charge < -0.3 is 9.73 Å². The summed E-state index contributed by atoms with van der Waals surface area (Å²) >= 11 is 0. The van der Waals surface area contributed by atoms with Crippen molar-refractivity contribution in [2.45, 2.75) is 19.9 Å². The van der Waals surface area contributed by atoms with E-state index in [-0.39, 0.29) is 17.5 Å². The van der Waals surface area contributed by atoms with Crippen molar-refractivity contribution in [3.8, 4) is 6.19 Å². The molecule has 1 atom stereocenters. The lowest BCUT2D eigenvalue weighted by Crippen LogP contribution is -2.38. The third kappa shape index (κ3) is 2.74. The zero-order valence-electron chi connectivity index (χ0n) is 11.2. The third-order valence-electron chi connectivity index (χ3n) is 2.86. The Labute approximate surface area is 119 Å². The van der Waals surface area contributed by atoms with Crippen molar-refractivity contribution in [3.63, 3.8) is 0 Å². The van der Waals surface area contributed by atoms with Gasteiger partial charge in [0.05, 0.1) is 6.07 Å². The molecule has 9 heteroatoms. The van der Waals surface area contributed by atoms with Crippen LogP contribution in [0.2, 0.25) is 0 Å². The third-order valence-corrected chi connectivity index (χ3v) is 2.86. The molecule has 1 aliphatic heterocycles. The molecule has 0 spiro atoms. The average Bonchev–Trinajstić information content (AvgIpc) is 2.87. The van der Waals surface area contributed by atoms with E-state index in [0.29, 0.717) is 11.3 Å². The molecule has 2 N–H and O–H groups in total. The van der Waals surface area contributed by atoms with Crippen LogP contribution in [-0.2, 0) is 4.79 Å². The Morgan fingerprint density at radius 1 is 1.62 bits per heavy atom. The number of nitrogens with one attached hydrogen (secondary N) is 2. The first-order chi connectivity index (χ1) is 9.93. The summed E-state index contributed by atoms with van der Waals surface area (Å²) in [4.78, 5) is 25.9. The SMILES string of the molecule is CC(=O)C1=C(C)NC(NC#N)=N[C@@H]1c1ccc([N+](=O)[O-])o1. The Morgan fingerprint density at radius 3 is 2.86 bits per heavy atom. The average molecular weight is 289 g/mol. The maximum absolute atomic E-state index is 11.8. The van der Waals surface area contributed by atoms with Crippen LogP contribution in [0.4, 0.5) is 5.88 Å². The number of carbonyl (C=O) groups excluding carboxylic acids is 1. The minimum Gasteiger partial charge on any atom is -0.403 e. The molecule has 0 unspecified atom stereocenters. The fourth-order valence-corrected chi connectivity index (χ4v) is 2.04. The number of hydrogen-bond donors (Lipinski definition) is 2. The molecule has 1 aromatic rings. The van der Waals surface area contributed by atoms with Gasteiger partial charge in [0.15, 0.2) is 12.0 Å². The van der Waals surface area contributed by atoms with Crippen LogP contribution in [0.1, 0.15) is 25.6 Å². The number of hydrogen-bond acceptors (Lipinski definition) is 8. The van der Waals surface area contributed by atoms with Gasteiger partial charge in [-0.05, 0) is 19.9 Å². The van der Waals surface area contributed by atoms with E-state index in [1.165, 1.54) is 19.1 Å². The Balaban J connectivity index is 2.48. The summed E-state index contributed by atoms with van der Waals surface area (Å²) in [5.41, 5.74) is 0.821. The quantitative estimate of drug-likeness (QED) is 0.368. The Morgan fingerprint density at radius 2 is 2.33 bits per heavy atom. The molecule has 0 fully saturated rings. The van der Waals surface area contributed by atoms with E-state index in [1.54, 1.807) is 13.1 Å². The molecular formula is C12H11N5O4. The molecule has 0 saturated carbocycles.